The molecule has 0 aliphatic carbocycles. The van der Waals surface area contributed by atoms with Gasteiger partial charge in [-0.3, -0.25) is 0 Å². The minimum Gasteiger partial charge on any atom is -0.373 e. The molecule has 0 bridgehead atoms. The molecule has 1 rings (SSSR count). The van der Waals surface area contributed by atoms with E-state index in [4.69, 9.17) is 22.8 Å². The van der Waals surface area contributed by atoms with Crippen molar-refractivity contribution in [3.05, 3.63) is 34.9 Å². The van der Waals surface area contributed by atoms with Crippen molar-refractivity contribution in [2.45, 2.75) is 19.6 Å². The Balaban J connectivity index is 2.26. The molecule has 0 saturated carbocycles. The molecule has 0 aliphatic heterocycles. The van der Waals surface area contributed by atoms with Crippen molar-refractivity contribution in [3.63, 3.8) is 0 Å². The van der Waals surface area contributed by atoms with Crippen molar-refractivity contribution in [2.24, 2.45) is 0 Å². The first-order valence-corrected chi connectivity index (χ1v) is 5.60. The van der Waals surface area contributed by atoms with Crippen LogP contribution in [0.5, 0.6) is 0 Å². The highest BCUT2D eigenvalue weighted by Crippen LogP contribution is 2.11. The first-order valence-electron chi connectivity index (χ1n) is 5.22. The van der Waals surface area contributed by atoms with Crippen LogP contribution in [0.2, 0.25) is 5.02 Å². The van der Waals surface area contributed by atoms with Gasteiger partial charge in [0, 0.05) is 11.6 Å². The average Bonchev–Trinajstić information content (AvgIpc) is 2.27. The molecule has 86 valence electrons. The predicted molar refractivity (Wildman–Crippen MR) is 67.4 cm³/mol. The largest absolute Gasteiger partial charge is 0.373 e. The molecule has 2 nitrogen and oxygen atoms in total. The summed E-state index contributed by atoms with van der Waals surface area (Å²) in [6.07, 6.45) is 5.26. The highest BCUT2D eigenvalue weighted by Gasteiger charge is 2.01. The summed E-state index contributed by atoms with van der Waals surface area (Å²) in [5.41, 5.74) is 1.08. The van der Waals surface area contributed by atoms with Gasteiger partial charge in [0.25, 0.3) is 0 Å². The topological polar surface area (TPSA) is 21.3 Å². The molecule has 1 N–H and O–H groups in total. The summed E-state index contributed by atoms with van der Waals surface area (Å²) >= 11 is 5.87. The Bertz CT molecular complexity index is 359. The second kappa shape index (κ2) is 7.29. The van der Waals surface area contributed by atoms with Crippen molar-refractivity contribution < 1.29 is 4.74 Å². The zero-order chi connectivity index (χ0) is 11.8. The van der Waals surface area contributed by atoms with E-state index in [9.17, 15) is 0 Å². The summed E-state index contributed by atoms with van der Waals surface area (Å²) in [7, 11) is 0. The Morgan fingerprint density at radius 3 is 3.06 bits per heavy atom. The lowest BCUT2D eigenvalue weighted by Gasteiger charge is -2.13. The predicted octanol–water partition coefficient (Wildman–Crippen LogP) is 2.47. The van der Waals surface area contributed by atoms with E-state index in [1.807, 2.05) is 31.2 Å². The SMILES string of the molecule is C#CCNCC(C)OCc1cccc(Cl)c1. The quantitative estimate of drug-likeness (QED) is 0.606. The second-order valence-electron chi connectivity index (χ2n) is 3.59. The van der Waals surface area contributed by atoms with Gasteiger partial charge in [-0.25, -0.2) is 0 Å². The van der Waals surface area contributed by atoms with Gasteiger partial charge in [0.1, 0.15) is 0 Å². The van der Waals surface area contributed by atoms with E-state index >= 15 is 0 Å². The van der Waals surface area contributed by atoms with Crippen LogP contribution in [-0.2, 0) is 11.3 Å². The first-order chi connectivity index (χ1) is 7.72. The third-order valence-corrected chi connectivity index (χ3v) is 2.32. The summed E-state index contributed by atoms with van der Waals surface area (Å²) in [6.45, 7) is 3.91. The number of hydrogen-bond donors (Lipinski definition) is 1. The molecule has 0 spiro atoms. The van der Waals surface area contributed by atoms with E-state index in [1.54, 1.807) is 0 Å². The lowest BCUT2D eigenvalue weighted by Crippen LogP contribution is -2.26. The van der Waals surface area contributed by atoms with Crippen LogP contribution >= 0.6 is 11.6 Å². The highest BCUT2D eigenvalue weighted by molar-refractivity contribution is 6.30. The molecule has 0 heterocycles. The molecule has 0 saturated heterocycles. The Labute approximate surface area is 102 Å². The Hall–Kier alpha value is -1.01. The van der Waals surface area contributed by atoms with E-state index < -0.39 is 0 Å². The van der Waals surface area contributed by atoms with Crippen LogP contribution in [-0.4, -0.2) is 19.2 Å². The van der Waals surface area contributed by atoms with Crippen LogP contribution in [0.15, 0.2) is 24.3 Å². The summed E-state index contributed by atoms with van der Waals surface area (Å²) in [6, 6.07) is 7.67. The third kappa shape index (κ3) is 5.18. The number of terminal acetylenes is 1. The molecule has 1 unspecified atom stereocenters. The van der Waals surface area contributed by atoms with Gasteiger partial charge in [0.05, 0.1) is 19.3 Å². The number of ether oxygens (including phenoxy) is 1. The highest BCUT2D eigenvalue weighted by atomic mass is 35.5. The maximum Gasteiger partial charge on any atom is 0.0721 e. The van der Waals surface area contributed by atoms with Crippen molar-refractivity contribution in [1.82, 2.24) is 5.32 Å². The van der Waals surface area contributed by atoms with E-state index in [0.717, 1.165) is 17.1 Å². The molecule has 0 amide bonds. The lowest BCUT2D eigenvalue weighted by molar-refractivity contribution is 0.0539. The minimum absolute atomic E-state index is 0.132. The van der Waals surface area contributed by atoms with Gasteiger partial charge in [-0.2, -0.15) is 0 Å². The van der Waals surface area contributed by atoms with Crippen LogP contribution in [0, 0.1) is 12.3 Å². The number of nitrogens with one attached hydrogen (secondary N) is 1. The molecule has 1 aromatic rings. The fraction of sp³-hybridized carbons (Fsp3) is 0.385. The third-order valence-electron chi connectivity index (χ3n) is 2.08. The molecular weight excluding hydrogens is 222 g/mol. The van der Waals surface area contributed by atoms with Crippen molar-refractivity contribution in [3.8, 4) is 12.3 Å². The van der Waals surface area contributed by atoms with Gasteiger partial charge < -0.3 is 10.1 Å². The summed E-state index contributed by atoms with van der Waals surface area (Å²) in [4.78, 5) is 0. The molecule has 1 atom stereocenters. The van der Waals surface area contributed by atoms with Gasteiger partial charge >= 0.3 is 0 Å². The molecule has 0 fully saturated rings. The van der Waals surface area contributed by atoms with Crippen molar-refractivity contribution >= 4 is 11.6 Å². The fourth-order valence-electron chi connectivity index (χ4n) is 1.27. The van der Waals surface area contributed by atoms with Crippen molar-refractivity contribution in [1.29, 1.82) is 0 Å². The fourth-order valence-corrected chi connectivity index (χ4v) is 1.48. The van der Waals surface area contributed by atoms with Crippen LogP contribution in [0.3, 0.4) is 0 Å². The zero-order valence-corrected chi connectivity index (χ0v) is 10.1. The summed E-state index contributed by atoms with van der Waals surface area (Å²) in [5.74, 6) is 2.52. The summed E-state index contributed by atoms with van der Waals surface area (Å²) in [5, 5.41) is 3.83. The zero-order valence-electron chi connectivity index (χ0n) is 9.37. The lowest BCUT2D eigenvalue weighted by atomic mass is 10.2. The average molecular weight is 238 g/mol. The van der Waals surface area contributed by atoms with E-state index in [2.05, 4.69) is 11.2 Å². The Morgan fingerprint density at radius 1 is 1.56 bits per heavy atom. The number of hydrogen-bond acceptors (Lipinski definition) is 2. The van der Waals surface area contributed by atoms with E-state index in [-0.39, 0.29) is 6.10 Å². The Kier molecular flexibility index (Phi) is 5.95. The normalized spacial score (nSPS) is 12.1. The van der Waals surface area contributed by atoms with Gasteiger partial charge in [-0.1, -0.05) is 29.7 Å². The van der Waals surface area contributed by atoms with Crippen LogP contribution < -0.4 is 5.32 Å². The van der Waals surface area contributed by atoms with Crippen molar-refractivity contribution in [2.75, 3.05) is 13.1 Å². The van der Waals surface area contributed by atoms with Gasteiger partial charge in [-0.05, 0) is 24.6 Å². The van der Waals surface area contributed by atoms with Crippen LogP contribution in [0.25, 0.3) is 0 Å². The molecule has 16 heavy (non-hydrogen) atoms. The molecule has 0 aliphatic rings. The first kappa shape index (κ1) is 13.1. The number of halogens is 1. The van der Waals surface area contributed by atoms with E-state index in [0.29, 0.717) is 13.2 Å². The van der Waals surface area contributed by atoms with Gasteiger partial charge in [0.2, 0.25) is 0 Å². The monoisotopic (exact) mass is 237 g/mol. The van der Waals surface area contributed by atoms with Gasteiger partial charge in [-0.15, -0.1) is 6.42 Å². The van der Waals surface area contributed by atoms with Gasteiger partial charge in [0.15, 0.2) is 0 Å². The molecule has 0 radical (unpaired) electrons. The molecular formula is C13H16ClNO. The molecule has 1 aromatic carbocycles. The standard InChI is InChI=1S/C13H16ClNO/c1-3-7-15-9-11(2)16-10-12-5-4-6-13(14)8-12/h1,4-6,8,11,15H,7,9-10H2,2H3. The van der Waals surface area contributed by atoms with Crippen LogP contribution in [0.4, 0.5) is 0 Å². The smallest absolute Gasteiger partial charge is 0.0721 e. The Morgan fingerprint density at radius 2 is 2.38 bits per heavy atom. The second-order valence-corrected chi connectivity index (χ2v) is 4.02. The maximum atomic E-state index is 5.87. The maximum absolute atomic E-state index is 5.87. The number of rotatable bonds is 6. The minimum atomic E-state index is 0.132. The molecule has 0 aromatic heterocycles. The summed E-state index contributed by atoms with van der Waals surface area (Å²) < 4.78 is 5.64. The van der Waals surface area contributed by atoms with E-state index in [1.165, 1.54) is 0 Å². The molecule has 3 heteroatoms. The number of benzene rings is 1. The van der Waals surface area contributed by atoms with Crippen LogP contribution in [0.1, 0.15) is 12.5 Å².